The van der Waals surface area contributed by atoms with Gasteiger partial charge in [-0.15, -0.1) is 0 Å². The molecular weight excluding hydrogens is 254 g/mol. The van der Waals surface area contributed by atoms with Crippen molar-refractivity contribution in [2.75, 3.05) is 11.9 Å². The highest BCUT2D eigenvalue weighted by atomic mass is 16.5. The fourth-order valence-corrected chi connectivity index (χ4v) is 2.29. The summed E-state index contributed by atoms with van der Waals surface area (Å²) >= 11 is 0. The summed E-state index contributed by atoms with van der Waals surface area (Å²) in [6, 6.07) is 13.1. The maximum atomic E-state index is 11.3. The lowest BCUT2D eigenvalue weighted by molar-refractivity contribution is -0.118. The van der Waals surface area contributed by atoms with Gasteiger partial charge < -0.3 is 15.2 Å². The molecule has 0 radical (unpaired) electrons. The number of amides is 1. The van der Waals surface area contributed by atoms with Crippen molar-refractivity contribution in [1.82, 2.24) is 0 Å². The van der Waals surface area contributed by atoms with Crippen LogP contribution in [0.15, 0.2) is 42.5 Å². The van der Waals surface area contributed by atoms with Crippen LogP contribution in [0.4, 0.5) is 5.69 Å². The van der Waals surface area contributed by atoms with E-state index >= 15 is 0 Å². The van der Waals surface area contributed by atoms with Gasteiger partial charge >= 0.3 is 0 Å². The van der Waals surface area contributed by atoms with Crippen molar-refractivity contribution in [3.05, 3.63) is 53.6 Å². The minimum absolute atomic E-state index is 0.0790. The number of nitrogens with one attached hydrogen (secondary N) is 1. The van der Waals surface area contributed by atoms with Crippen molar-refractivity contribution in [2.24, 2.45) is 0 Å². The van der Waals surface area contributed by atoms with E-state index in [1.54, 1.807) is 12.1 Å². The average Bonchev–Trinajstić information content (AvgIpc) is 2.45. The molecule has 0 fully saturated rings. The fraction of sp³-hybridized carbons (Fsp3) is 0.188. The second kappa shape index (κ2) is 5.25. The molecule has 0 spiro atoms. The molecule has 0 atom stereocenters. The number of carbonyl (C=O) groups excluding carboxylic acids is 1. The molecule has 4 heteroatoms. The van der Waals surface area contributed by atoms with Crippen LogP contribution in [0.1, 0.15) is 11.1 Å². The zero-order valence-corrected chi connectivity index (χ0v) is 10.9. The van der Waals surface area contributed by atoms with Crippen LogP contribution in [0.25, 0.3) is 0 Å². The SMILES string of the molecule is O=C1COc2ccc(CCc3cccc(O)c3)cc2N1. The highest BCUT2D eigenvalue weighted by molar-refractivity contribution is 5.95. The molecule has 2 N–H and O–H groups in total. The first-order chi connectivity index (χ1) is 9.70. The Balaban J connectivity index is 1.72. The molecule has 0 saturated carbocycles. The molecule has 1 amide bonds. The topological polar surface area (TPSA) is 58.6 Å². The van der Waals surface area contributed by atoms with Gasteiger partial charge in [-0.25, -0.2) is 0 Å². The Morgan fingerprint density at radius 2 is 1.90 bits per heavy atom. The zero-order valence-electron chi connectivity index (χ0n) is 10.9. The number of rotatable bonds is 3. The molecule has 1 aliphatic rings. The number of phenols is 1. The molecule has 3 rings (SSSR count). The minimum Gasteiger partial charge on any atom is -0.508 e. The monoisotopic (exact) mass is 269 g/mol. The molecule has 0 saturated heterocycles. The molecule has 2 aromatic rings. The number of aryl methyl sites for hydroxylation is 2. The van der Waals surface area contributed by atoms with Gasteiger partial charge in [0, 0.05) is 0 Å². The summed E-state index contributed by atoms with van der Waals surface area (Å²) in [6.07, 6.45) is 1.68. The molecule has 1 aliphatic heterocycles. The Labute approximate surface area is 117 Å². The van der Waals surface area contributed by atoms with Crippen molar-refractivity contribution in [2.45, 2.75) is 12.8 Å². The van der Waals surface area contributed by atoms with Crippen LogP contribution in [0.5, 0.6) is 11.5 Å². The van der Waals surface area contributed by atoms with Crippen LogP contribution >= 0.6 is 0 Å². The van der Waals surface area contributed by atoms with Crippen molar-refractivity contribution in [1.29, 1.82) is 0 Å². The van der Waals surface area contributed by atoms with Crippen LogP contribution in [0.2, 0.25) is 0 Å². The molecule has 1 heterocycles. The number of benzene rings is 2. The third-order valence-corrected chi connectivity index (χ3v) is 3.29. The van der Waals surface area contributed by atoms with E-state index in [-0.39, 0.29) is 18.3 Å². The first-order valence-corrected chi connectivity index (χ1v) is 6.54. The van der Waals surface area contributed by atoms with E-state index in [0.717, 1.165) is 29.7 Å². The molecule has 2 aromatic carbocycles. The van der Waals surface area contributed by atoms with Crippen molar-refractivity contribution in [3.8, 4) is 11.5 Å². The number of phenolic OH excluding ortho intramolecular Hbond substituents is 1. The smallest absolute Gasteiger partial charge is 0.262 e. The van der Waals surface area contributed by atoms with Gasteiger partial charge in [0.25, 0.3) is 5.91 Å². The summed E-state index contributed by atoms with van der Waals surface area (Å²) in [7, 11) is 0. The molecule has 0 aromatic heterocycles. The predicted molar refractivity (Wildman–Crippen MR) is 76.1 cm³/mol. The van der Waals surface area contributed by atoms with Crippen LogP contribution in [-0.2, 0) is 17.6 Å². The highest BCUT2D eigenvalue weighted by Crippen LogP contribution is 2.28. The van der Waals surface area contributed by atoms with Gasteiger partial charge in [0.1, 0.15) is 11.5 Å². The first kappa shape index (κ1) is 12.5. The van der Waals surface area contributed by atoms with Crippen LogP contribution in [0, 0.1) is 0 Å². The Hall–Kier alpha value is -2.49. The van der Waals surface area contributed by atoms with Gasteiger partial charge in [0.15, 0.2) is 6.61 Å². The van der Waals surface area contributed by atoms with Gasteiger partial charge in [-0.2, -0.15) is 0 Å². The first-order valence-electron chi connectivity index (χ1n) is 6.54. The highest BCUT2D eigenvalue weighted by Gasteiger charge is 2.15. The zero-order chi connectivity index (χ0) is 13.9. The van der Waals surface area contributed by atoms with E-state index in [0.29, 0.717) is 5.75 Å². The predicted octanol–water partition coefficient (Wildman–Crippen LogP) is 2.51. The lowest BCUT2D eigenvalue weighted by Crippen LogP contribution is -2.25. The average molecular weight is 269 g/mol. The van der Waals surface area contributed by atoms with Crippen molar-refractivity contribution in [3.63, 3.8) is 0 Å². The van der Waals surface area contributed by atoms with E-state index in [4.69, 9.17) is 4.74 Å². The Kier molecular flexibility index (Phi) is 3.29. The minimum atomic E-state index is -0.123. The summed E-state index contributed by atoms with van der Waals surface area (Å²) < 4.78 is 5.32. The number of hydrogen-bond acceptors (Lipinski definition) is 3. The Morgan fingerprint density at radius 1 is 1.10 bits per heavy atom. The van der Waals surface area contributed by atoms with E-state index in [9.17, 15) is 9.90 Å². The summed E-state index contributed by atoms with van der Waals surface area (Å²) in [5.74, 6) is 0.877. The number of fused-ring (bicyclic) bond motifs is 1. The Bertz CT molecular complexity index is 652. The van der Waals surface area contributed by atoms with Crippen LogP contribution in [-0.4, -0.2) is 17.6 Å². The number of carbonyl (C=O) groups is 1. The maximum Gasteiger partial charge on any atom is 0.262 e. The quantitative estimate of drug-likeness (QED) is 0.900. The van der Waals surface area contributed by atoms with Gasteiger partial charge in [-0.05, 0) is 48.2 Å². The lowest BCUT2D eigenvalue weighted by Gasteiger charge is -2.18. The summed E-state index contributed by atoms with van der Waals surface area (Å²) in [5.41, 5.74) is 2.94. The molecular formula is C16H15NO3. The largest absolute Gasteiger partial charge is 0.508 e. The lowest BCUT2D eigenvalue weighted by atomic mass is 10.0. The number of ether oxygens (including phenoxy) is 1. The second-order valence-electron chi connectivity index (χ2n) is 4.84. The fourth-order valence-electron chi connectivity index (χ4n) is 2.29. The van der Waals surface area contributed by atoms with E-state index in [2.05, 4.69) is 5.32 Å². The molecule has 0 unspecified atom stereocenters. The van der Waals surface area contributed by atoms with Gasteiger partial charge in [-0.1, -0.05) is 18.2 Å². The van der Waals surface area contributed by atoms with Crippen LogP contribution < -0.4 is 10.1 Å². The molecule has 0 aliphatic carbocycles. The van der Waals surface area contributed by atoms with E-state index in [1.165, 1.54) is 0 Å². The van der Waals surface area contributed by atoms with Gasteiger partial charge in [-0.3, -0.25) is 4.79 Å². The van der Waals surface area contributed by atoms with Crippen molar-refractivity contribution < 1.29 is 14.6 Å². The van der Waals surface area contributed by atoms with Crippen molar-refractivity contribution >= 4 is 11.6 Å². The second-order valence-corrected chi connectivity index (χ2v) is 4.84. The normalized spacial score (nSPS) is 13.3. The third-order valence-electron chi connectivity index (χ3n) is 3.29. The molecule has 20 heavy (non-hydrogen) atoms. The molecule has 102 valence electrons. The number of anilines is 1. The third kappa shape index (κ3) is 2.74. The standard InChI is InChI=1S/C16H15NO3/c18-13-3-1-2-11(8-13)4-5-12-6-7-15-14(9-12)17-16(19)10-20-15/h1-3,6-9,18H,4-5,10H2,(H,17,19). The molecule has 4 nitrogen and oxygen atoms in total. The summed E-state index contributed by atoms with van der Waals surface area (Å²) in [5, 5.41) is 12.2. The summed E-state index contributed by atoms with van der Waals surface area (Å²) in [4.78, 5) is 11.3. The van der Waals surface area contributed by atoms with E-state index in [1.807, 2.05) is 30.3 Å². The van der Waals surface area contributed by atoms with Crippen LogP contribution in [0.3, 0.4) is 0 Å². The molecule has 0 bridgehead atoms. The van der Waals surface area contributed by atoms with E-state index < -0.39 is 0 Å². The summed E-state index contributed by atoms with van der Waals surface area (Å²) in [6.45, 7) is 0.0790. The Morgan fingerprint density at radius 3 is 2.70 bits per heavy atom. The number of hydrogen-bond donors (Lipinski definition) is 2. The van der Waals surface area contributed by atoms with Gasteiger partial charge in [0.05, 0.1) is 5.69 Å². The maximum absolute atomic E-state index is 11.3. The van der Waals surface area contributed by atoms with Gasteiger partial charge in [0.2, 0.25) is 0 Å². The number of aromatic hydroxyl groups is 1.